The predicted molar refractivity (Wildman–Crippen MR) is 74.9 cm³/mol. The van der Waals surface area contributed by atoms with Gasteiger partial charge in [0.2, 0.25) is 0 Å². The zero-order chi connectivity index (χ0) is 13.6. The lowest BCUT2D eigenvalue weighted by atomic mass is 9.84. The maximum atomic E-state index is 8.58. The highest BCUT2D eigenvalue weighted by molar-refractivity contribution is 5.82. The Hall–Kier alpha value is -1.55. The molecule has 0 saturated carbocycles. The van der Waals surface area contributed by atoms with Gasteiger partial charge in [0.15, 0.2) is 0 Å². The second-order valence-corrected chi connectivity index (χ2v) is 5.31. The fourth-order valence-electron chi connectivity index (χ4n) is 1.80. The summed E-state index contributed by atoms with van der Waals surface area (Å²) in [5.41, 5.74) is 6.90. The van der Waals surface area contributed by atoms with Gasteiger partial charge in [-0.1, -0.05) is 56.3 Å². The first kappa shape index (κ1) is 14.5. The van der Waals surface area contributed by atoms with E-state index in [2.05, 4.69) is 48.6 Å². The molecule has 0 heterocycles. The molecule has 0 aliphatic rings. The van der Waals surface area contributed by atoms with E-state index in [-0.39, 0.29) is 17.2 Å². The number of hydrogen-bond donors (Lipinski definition) is 3. The molecule has 1 unspecified atom stereocenters. The second-order valence-electron chi connectivity index (χ2n) is 5.31. The third-order valence-corrected chi connectivity index (χ3v) is 3.19. The topological polar surface area (TPSA) is 70.6 Å². The van der Waals surface area contributed by atoms with Gasteiger partial charge in [0, 0.05) is 24.4 Å². The van der Waals surface area contributed by atoms with Crippen molar-refractivity contribution in [2.45, 2.75) is 26.2 Å². The molecule has 1 aromatic rings. The van der Waals surface area contributed by atoms with E-state index in [4.69, 9.17) is 10.9 Å². The maximum absolute atomic E-state index is 8.58. The molecule has 1 atom stereocenters. The number of hydrogen-bond acceptors (Lipinski definition) is 3. The summed E-state index contributed by atoms with van der Waals surface area (Å²) in [5, 5.41) is 15.0. The van der Waals surface area contributed by atoms with E-state index in [0.717, 1.165) is 6.54 Å². The van der Waals surface area contributed by atoms with Crippen LogP contribution in [-0.2, 0) is 5.41 Å². The summed E-state index contributed by atoms with van der Waals surface area (Å²) in [5.74, 6) is 0.293. The number of oxime groups is 1. The standard InChI is InChI=1S/C14H23N3O/c1-11(13(15)17-18)9-16-10-14(2,3)12-7-5-4-6-8-12/h4-8,11,16,18H,9-10H2,1-3H3,(H2,15,17). The van der Waals surface area contributed by atoms with E-state index >= 15 is 0 Å². The van der Waals surface area contributed by atoms with E-state index in [1.807, 2.05) is 13.0 Å². The van der Waals surface area contributed by atoms with Gasteiger partial charge in [-0.25, -0.2) is 0 Å². The molecule has 4 heteroatoms. The number of nitrogens with zero attached hydrogens (tertiary/aromatic N) is 1. The van der Waals surface area contributed by atoms with Crippen LogP contribution in [0, 0.1) is 5.92 Å². The van der Waals surface area contributed by atoms with Gasteiger partial charge in [0.1, 0.15) is 5.84 Å². The molecule has 1 rings (SSSR count). The summed E-state index contributed by atoms with van der Waals surface area (Å²) in [6, 6.07) is 10.4. The molecule has 0 aliphatic heterocycles. The van der Waals surface area contributed by atoms with Gasteiger partial charge in [-0.2, -0.15) is 0 Å². The lowest BCUT2D eigenvalue weighted by Gasteiger charge is -2.26. The van der Waals surface area contributed by atoms with Crippen molar-refractivity contribution in [3.63, 3.8) is 0 Å². The van der Waals surface area contributed by atoms with Crippen LogP contribution in [0.25, 0.3) is 0 Å². The molecule has 1 aromatic carbocycles. The zero-order valence-electron chi connectivity index (χ0n) is 11.4. The summed E-state index contributed by atoms with van der Waals surface area (Å²) in [6.07, 6.45) is 0. The average molecular weight is 249 g/mol. The van der Waals surface area contributed by atoms with Crippen LogP contribution in [0.2, 0.25) is 0 Å². The molecule has 18 heavy (non-hydrogen) atoms. The van der Waals surface area contributed by atoms with Gasteiger partial charge in [-0.05, 0) is 5.56 Å². The van der Waals surface area contributed by atoms with E-state index < -0.39 is 0 Å². The van der Waals surface area contributed by atoms with Gasteiger partial charge < -0.3 is 16.3 Å². The Kier molecular flexibility index (Phi) is 5.16. The molecule has 100 valence electrons. The summed E-state index contributed by atoms with van der Waals surface area (Å²) in [7, 11) is 0. The molecule has 0 saturated heterocycles. The second kappa shape index (κ2) is 6.40. The summed E-state index contributed by atoms with van der Waals surface area (Å²) < 4.78 is 0. The van der Waals surface area contributed by atoms with Crippen molar-refractivity contribution in [3.05, 3.63) is 35.9 Å². The van der Waals surface area contributed by atoms with Crippen molar-refractivity contribution >= 4 is 5.84 Å². The van der Waals surface area contributed by atoms with Crippen molar-refractivity contribution in [2.24, 2.45) is 16.8 Å². The Morgan fingerprint density at radius 2 is 2.00 bits per heavy atom. The minimum Gasteiger partial charge on any atom is -0.409 e. The van der Waals surface area contributed by atoms with Gasteiger partial charge in [0.25, 0.3) is 0 Å². The molecule has 0 radical (unpaired) electrons. The largest absolute Gasteiger partial charge is 0.409 e. The highest BCUT2D eigenvalue weighted by Crippen LogP contribution is 2.21. The van der Waals surface area contributed by atoms with Crippen molar-refractivity contribution in [1.29, 1.82) is 0 Å². The van der Waals surface area contributed by atoms with Crippen molar-refractivity contribution in [3.8, 4) is 0 Å². The minimum absolute atomic E-state index is 0.0292. The predicted octanol–water partition coefficient (Wildman–Crippen LogP) is 1.94. The molecule has 4 nitrogen and oxygen atoms in total. The highest BCUT2D eigenvalue weighted by Gasteiger charge is 2.20. The highest BCUT2D eigenvalue weighted by atomic mass is 16.4. The van der Waals surface area contributed by atoms with Crippen LogP contribution in [0.15, 0.2) is 35.5 Å². The lowest BCUT2D eigenvalue weighted by Crippen LogP contribution is -2.38. The molecule has 0 aromatic heterocycles. The normalized spacial score (nSPS) is 14.5. The summed E-state index contributed by atoms with van der Waals surface area (Å²) in [6.45, 7) is 7.87. The Morgan fingerprint density at radius 3 is 2.56 bits per heavy atom. The van der Waals surface area contributed by atoms with Crippen LogP contribution >= 0.6 is 0 Å². The van der Waals surface area contributed by atoms with E-state index in [1.165, 1.54) is 5.56 Å². The summed E-state index contributed by atoms with van der Waals surface area (Å²) >= 11 is 0. The molecule has 0 fully saturated rings. The Labute approximate surface area is 109 Å². The Bertz CT molecular complexity index is 387. The first-order chi connectivity index (χ1) is 8.47. The number of nitrogens with one attached hydrogen (secondary N) is 1. The Balaban J connectivity index is 2.48. The van der Waals surface area contributed by atoms with Crippen LogP contribution in [0.1, 0.15) is 26.3 Å². The smallest absolute Gasteiger partial charge is 0.143 e. The van der Waals surface area contributed by atoms with Gasteiger partial charge in [0.05, 0.1) is 0 Å². The SMILES string of the molecule is CC(CNCC(C)(C)c1ccccc1)C(N)=NO. The maximum Gasteiger partial charge on any atom is 0.143 e. The fraction of sp³-hybridized carbons (Fsp3) is 0.500. The van der Waals surface area contributed by atoms with E-state index in [1.54, 1.807) is 0 Å². The third-order valence-electron chi connectivity index (χ3n) is 3.19. The van der Waals surface area contributed by atoms with Crippen molar-refractivity contribution in [2.75, 3.05) is 13.1 Å². The van der Waals surface area contributed by atoms with Crippen molar-refractivity contribution < 1.29 is 5.21 Å². The Morgan fingerprint density at radius 1 is 1.39 bits per heavy atom. The average Bonchev–Trinajstić information content (AvgIpc) is 2.38. The molecule has 0 spiro atoms. The van der Waals surface area contributed by atoms with E-state index in [0.29, 0.717) is 6.54 Å². The number of amidine groups is 1. The number of benzene rings is 1. The van der Waals surface area contributed by atoms with Crippen LogP contribution < -0.4 is 11.1 Å². The minimum atomic E-state index is 0.0292. The quantitative estimate of drug-likeness (QED) is 0.312. The van der Waals surface area contributed by atoms with Crippen LogP contribution in [0.5, 0.6) is 0 Å². The first-order valence-corrected chi connectivity index (χ1v) is 6.21. The molecule has 0 aliphatic carbocycles. The van der Waals surface area contributed by atoms with Crippen LogP contribution in [-0.4, -0.2) is 24.1 Å². The monoisotopic (exact) mass is 249 g/mol. The number of nitrogens with two attached hydrogens (primary N) is 1. The van der Waals surface area contributed by atoms with Gasteiger partial charge in [-0.3, -0.25) is 0 Å². The zero-order valence-corrected chi connectivity index (χ0v) is 11.4. The van der Waals surface area contributed by atoms with Gasteiger partial charge >= 0.3 is 0 Å². The molecular formula is C14H23N3O. The van der Waals surface area contributed by atoms with Crippen molar-refractivity contribution in [1.82, 2.24) is 5.32 Å². The third kappa shape index (κ3) is 4.04. The van der Waals surface area contributed by atoms with Crippen LogP contribution in [0.3, 0.4) is 0 Å². The number of rotatable bonds is 6. The molecule has 0 amide bonds. The summed E-state index contributed by atoms with van der Waals surface area (Å²) in [4.78, 5) is 0. The molecular weight excluding hydrogens is 226 g/mol. The van der Waals surface area contributed by atoms with Crippen LogP contribution in [0.4, 0.5) is 0 Å². The molecule has 4 N–H and O–H groups in total. The first-order valence-electron chi connectivity index (χ1n) is 6.21. The fourth-order valence-corrected chi connectivity index (χ4v) is 1.80. The molecule has 0 bridgehead atoms. The van der Waals surface area contributed by atoms with E-state index in [9.17, 15) is 0 Å². The van der Waals surface area contributed by atoms with Gasteiger partial charge in [-0.15, -0.1) is 0 Å². The lowest BCUT2D eigenvalue weighted by molar-refractivity contribution is 0.313.